The van der Waals surface area contributed by atoms with Crippen LogP contribution < -0.4 is 10.3 Å². The average molecular weight is 561 g/mol. The number of nitrogens with two attached hydrogens (primary N) is 2. The molecule has 12 nitrogen and oxygen atoms in total. The Hall–Kier alpha value is -2.30. The Bertz CT molecular complexity index is 1580. The predicted molar refractivity (Wildman–Crippen MR) is 134 cm³/mol. The number of fused-ring (bicyclic) bond motifs is 2. The van der Waals surface area contributed by atoms with Gasteiger partial charge in [-0.3, -0.25) is 0 Å². The predicted octanol–water partition coefficient (Wildman–Crippen LogP) is 2.03. The van der Waals surface area contributed by atoms with E-state index in [0.29, 0.717) is 40.5 Å². The van der Waals surface area contributed by atoms with E-state index in [2.05, 4.69) is 20.2 Å². The van der Waals surface area contributed by atoms with Crippen molar-refractivity contribution in [2.75, 3.05) is 6.26 Å². The van der Waals surface area contributed by atoms with E-state index in [4.69, 9.17) is 21.9 Å². The number of imidazole rings is 2. The van der Waals surface area contributed by atoms with Gasteiger partial charge in [0.1, 0.15) is 10.2 Å². The molecule has 4 N–H and O–H groups in total. The molecule has 0 aliphatic rings. The van der Waals surface area contributed by atoms with Crippen LogP contribution in [0.2, 0.25) is 5.15 Å². The van der Waals surface area contributed by atoms with Crippen molar-refractivity contribution in [1.29, 1.82) is 0 Å². The summed E-state index contributed by atoms with van der Waals surface area (Å²) in [4.78, 5) is 8.47. The Balaban J connectivity index is 0.000000196. The number of nitrogens with zero attached hydrogens (tertiary/aromatic N) is 6. The lowest BCUT2D eigenvalue weighted by atomic mass is 10.3. The first-order valence-electron chi connectivity index (χ1n) is 10.4. The van der Waals surface area contributed by atoms with Gasteiger partial charge >= 0.3 is 0 Å². The molecule has 0 amide bonds. The highest BCUT2D eigenvalue weighted by molar-refractivity contribution is 7.98. The summed E-state index contributed by atoms with van der Waals surface area (Å²) in [6.45, 7) is 3.88. The fourth-order valence-corrected chi connectivity index (χ4v) is 5.57. The van der Waals surface area contributed by atoms with Crippen molar-refractivity contribution in [3.63, 3.8) is 0 Å². The summed E-state index contributed by atoms with van der Waals surface area (Å²) in [6, 6.07) is 6.69. The third-order valence-corrected chi connectivity index (χ3v) is 7.40. The van der Waals surface area contributed by atoms with Gasteiger partial charge in [0.15, 0.2) is 21.3 Å². The molecule has 0 aliphatic carbocycles. The van der Waals surface area contributed by atoms with Gasteiger partial charge in [-0.2, -0.15) is 19.2 Å². The third-order valence-electron chi connectivity index (χ3n) is 4.67. The van der Waals surface area contributed by atoms with E-state index in [-0.39, 0.29) is 15.2 Å². The Morgan fingerprint density at radius 2 is 1.29 bits per heavy atom. The van der Waals surface area contributed by atoms with Crippen LogP contribution in [0.15, 0.2) is 39.3 Å². The first kappa shape index (κ1) is 27.3. The van der Waals surface area contributed by atoms with E-state index in [1.54, 1.807) is 24.3 Å². The van der Waals surface area contributed by atoms with E-state index >= 15 is 0 Å². The second kappa shape index (κ2) is 10.8. The highest BCUT2D eigenvalue weighted by atomic mass is 35.5. The van der Waals surface area contributed by atoms with Crippen molar-refractivity contribution < 1.29 is 16.8 Å². The number of aromatic nitrogens is 6. The van der Waals surface area contributed by atoms with Crippen LogP contribution in [0.25, 0.3) is 11.3 Å². The maximum Gasteiger partial charge on any atom is 0.257 e. The van der Waals surface area contributed by atoms with E-state index in [1.165, 1.54) is 20.8 Å². The number of primary sulfonamides is 2. The van der Waals surface area contributed by atoms with Gasteiger partial charge in [-0.15, -0.1) is 11.8 Å². The molecule has 35 heavy (non-hydrogen) atoms. The molecule has 0 unspecified atom stereocenters. The fourth-order valence-electron chi connectivity index (χ4n) is 3.36. The maximum absolute atomic E-state index is 11.7. The maximum atomic E-state index is 11.7. The zero-order valence-corrected chi connectivity index (χ0v) is 22.4. The second-order valence-electron chi connectivity index (χ2n) is 7.39. The van der Waals surface area contributed by atoms with Gasteiger partial charge in [0.25, 0.3) is 20.0 Å². The Morgan fingerprint density at radius 3 is 1.71 bits per heavy atom. The molecule has 0 bridgehead atoms. The summed E-state index contributed by atoms with van der Waals surface area (Å²) in [5, 5.41) is 19.4. The normalized spacial score (nSPS) is 12.2. The van der Waals surface area contributed by atoms with Gasteiger partial charge in [-0.25, -0.2) is 37.1 Å². The zero-order valence-electron chi connectivity index (χ0n) is 19.2. The molecule has 0 spiro atoms. The Morgan fingerprint density at radius 1 is 0.829 bits per heavy atom. The highest BCUT2D eigenvalue weighted by Gasteiger charge is 2.23. The quantitative estimate of drug-likeness (QED) is 0.319. The molecule has 0 saturated heterocycles. The van der Waals surface area contributed by atoms with E-state index in [9.17, 15) is 16.8 Å². The summed E-state index contributed by atoms with van der Waals surface area (Å²) >= 11 is 7.16. The molecule has 4 rings (SSSR count). The standard InChI is InChI=1S/C10H14N4O2S2.C9H11ClN4O2S/c1-3-4-7-10(18(11,15)16)14-8(12-7)5-6-9(13-14)17-2;1-2-3-6-9(17(11,15)16)14-8(12-6)5-4-7(10)13-14/h5-6H,3-4H2,1-2H3,(H2,11,15,16);4-5H,2-3H2,1H3,(H2,11,15,16). The molecular formula is C19H25ClN8O4S3. The topological polar surface area (TPSA) is 181 Å². The van der Waals surface area contributed by atoms with Gasteiger partial charge in [-0.05, 0) is 43.4 Å². The number of halogens is 1. The van der Waals surface area contributed by atoms with Crippen LogP contribution in [0.5, 0.6) is 0 Å². The molecule has 0 aromatic carbocycles. The lowest BCUT2D eigenvalue weighted by Gasteiger charge is -2.01. The molecule has 190 valence electrons. The van der Waals surface area contributed by atoms with Gasteiger partial charge in [0.05, 0.1) is 11.4 Å². The second-order valence-corrected chi connectivity index (χ2v) is 11.6. The van der Waals surface area contributed by atoms with Crippen molar-refractivity contribution in [2.24, 2.45) is 10.3 Å². The Labute approximate surface area is 212 Å². The summed E-state index contributed by atoms with van der Waals surface area (Å²) < 4.78 is 48.9. The smallest absolute Gasteiger partial charge is 0.231 e. The van der Waals surface area contributed by atoms with E-state index in [0.717, 1.165) is 12.8 Å². The molecule has 16 heteroatoms. The van der Waals surface area contributed by atoms with Crippen LogP contribution in [-0.4, -0.2) is 52.3 Å². The molecule has 4 heterocycles. The zero-order chi connectivity index (χ0) is 26.0. The molecule has 4 aromatic rings. The third kappa shape index (κ3) is 6.10. The number of hydrogen-bond donors (Lipinski definition) is 2. The van der Waals surface area contributed by atoms with Crippen LogP contribution >= 0.6 is 23.4 Å². The summed E-state index contributed by atoms with van der Waals surface area (Å²) in [7, 11) is -7.71. The highest BCUT2D eigenvalue weighted by Crippen LogP contribution is 2.20. The molecule has 0 fully saturated rings. The van der Waals surface area contributed by atoms with Crippen molar-refractivity contribution in [2.45, 2.75) is 54.6 Å². The fraction of sp³-hybridized carbons (Fsp3) is 0.368. The van der Waals surface area contributed by atoms with Crippen LogP contribution in [0.3, 0.4) is 0 Å². The van der Waals surface area contributed by atoms with Crippen molar-refractivity contribution in [3.05, 3.63) is 40.8 Å². The lowest BCUT2D eigenvalue weighted by molar-refractivity contribution is 0.584. The van der Waals surface area contributed by atoms with Crippen molar-refractivity contribution in [1.82, 2.24) is 29.2 Å². The van der Waals surface area contributed by atoms with Crippen molar-refractivity contribution in [3.8, 4) is 0 Å². The van der Waals surface area contributed by atoms with Crippen LogP contribution in [0, 0.1) is 0 Å². The van der Waals surface area contributed by atoms with Gasteiger partial charge in [-0.1, -0.05) is 38.3 Å². The first-order chi connectivity index (χ1) is 16.4. The molecule has 0 atom stereocenters. The minimum atomic E-state index is -3.88. The van der Waals surface area contributed by atoms with Gasteiger partial charge in [0.2, 0.25) is 0 Å². The number of sulfonamides is 2. The summed E-state index contributed by atoms with van der Waals surface area (Å²) in [5.41, 5.74) is 1.82. The van der Waals surface area contributed by atoms with Gasteiger partial charge < -0.3 is 0 Å². The van der Waals surface area contributed by atoms with Crippen LogP contribution in [-0.2, 0) is 32.9 Å². The molecule has 0 aliphatic heterocycles. The van der Waals surface area contributed by atoms with Crippen LogP contribution in [0.1, 0.15) is 38.1 Å². The van der Waals surface area contributed by atoms with E-state index < -0.39 is 20.0 Å². The van der Waals surface area contributed by atoms with Crippen molar-refractivity contribution >= 4 is 54.7 Å². The Kier molecular flexibility index (Phi) is 8.39. The average Bonchev–Trinajstić information content (AvgIpc) is 3.31. The number of thioether (sulfide) groups is 1. The molecule has 4 aromatic heterocycles. The molecular weight excluding hydrogens is 536 g/mol. The van der Waals surface area contributed by atoms with Crippen LogP contribution in [0.4, 0.5) is 0 Å². The largest absolute Gasteiger partial charge is 0.257 e. The first-order valence-corrected chi connectivity index (χ1v) is 15.1. The van der Waals surface area contributed by atoms with Gasteiger partial charge in [0, 0.05) is 0 Å². The molecule has 0 saturated carbocycles. The number of hydrogen-bond acceptors (Lipinski definition) is 9. The monoisotopic (exact) mass is 560 g/mol. The number of rotatable bonds is 7. The SMILES string of the molecule is CCCc1nc2ccc(Cl)nn2c1S(N)(=O)=O.CCCc1nc2ccc(SC)nn2c1S(N)(=O)=O. The molecule has 0 radical (unpaired) electrons. The minimum Gasteiger partial charge on any atom is -0.231 e. The summed E-state index contributed by atoms with van der Waals surface area (Å²) in [6.07, 6.45) is 4.51. The minimum absolute atomic E-state index is 0.00440. The number of aryl methyl sites for hydroxylation is 2. The summed E-state index contributed by atoms with van der Waals surface area (Å²) in [5.74, 6) is 0. The lowest BCUT2D eigenvalue weighted by Crippen LogP contribution is -2.17. The van der Waals surface area contributed by atoms with E-state index in [1.807, 2.05) is 20.1 Å².